The van der Waals surface area contributed by atoms with E-state index in [9.17, 15) is 9.59 Å². The van der Waals surface area contributed by atoms with Crippen molar-refractivity contribution in [3.05, 3.63) is 23.8 Å². The topological polar surface area (TPSA) is 100 Å². The van der Waals surface area contributed by atoms with Crippen molar-refractivity contribution in [2.75, 3.05) is 26.2 Å². The molecule has 0 radical (unpaired) electrons. The van der Waals surface area contributed by atoms with Gasteiger partial charge in [-0.25, -0.2) is 4.99 Å². The third-order valence-electron chi connectivity index (χ3n) is 5.09. The number of carbonyl (C=O) groups is 2. The molecule has 1 aromatic carbocycles. The van der Waals surface area contributed by atoms with Gasteiger partial charge in [-0.15, -0.1) is 0 Å². The maximum Gasteiger partial charge on any atom is 0.246 e. The molecule has 3 aliphatic rings. The predicted molar refractivity (Wildman–Crippen MR) is 96.0 cm³/mol. The van der Waals surface area contributed by atoms with Crippen LogP contribution in [0.4, 0.5) is 5.69 Å². The zero-order valence-electron chi connectivity index (χ0n) is 14.6. The molecule has 1 unspecified atom stereocenters. The minimum absolute atomic E-state index is 0.0348. The summed E-state index contributed by atoms with van der Waals surface area (Å²) < 4.78 is 5.86. The largest absolute Gasteiger partial charge is 0.494 e. The monoisotopic (exact) mass is 357 g/mol. The van der Waals surface area contributed by atoms with Gasteiger partial charge in [-0.05, 0) is 44.1 Å². The number of likely N-dealkylation sites (tertiary alicyclic amines) is 1. The molecule has 3 N–H and O–H groups in total. The highest BCUT2D eigenvalue weighted by atomic mass is 16.5. The molecule has 0 spiro atoms. The van der Waals surface area contributed by atoms with E-state index in [1.807, 2.05) is 23.1 Å². The zero-order chi connectivity index (χ0) is 18.1. The van der Waals surface area contributed by atoms with Crippen molar-refractivity contribution in [3.8, 4) is 5.75 Å². The SMILES string of the molecule is NC(=O)C(CCOc1ccc2c(c1)CN1CC(=O)NC1=N2)N1CCCC1. The van der Waals surface area contributed by atoms with Gasteiger partial charge >= 0.3 is 0 Å². The second-order valence-corrected chi connectivity index (χ2v) is 6.93. The number of hydrogen-bond donors (Lipinski definition) is 2. The van der Waals surface area contributed by atoms with Crippen LogP contribution in [-0.2, 0) is 16.1 Å². The van der Waals surface area contributed by atoms with Crippen LogP contribution in [0, 0.1) is 0 Å². The van der Waals surface area contributed by atoms with Crippen LogP contribution in [0.25, 0.3) is 0 Å². The number of primary amides is 1. The van der Waals surface area contributed by atoms with Gasteiger partial charge in [0, 0.05) is 18.5 Å². The Kier molecular flexibility index (Phi) is 4.50. The quantitative estimate of drug-likeness (QED) is 0.765. The van der Waals surface area contributed by atoms with E-state index in [-0.39, 0.29) is 17.9 Å². The molecular formula is C18H23N5O3. The van der Waals surface area contributed by atoms with E-state index in [0.29, 0.717) is 32.1 Å². The maximum atomic E-state index is 11.7. The number of amides is 2. The van der Waals surface area contributed by atoms with Crippen molar-refractivity contribution < 1.29 is 14.3 Å². The number of nitrogens with zero attached hydrogens (tertiary/aromatic N) is 3. The Bertz CT molecular complexity index is 757. The summed E-state index contributed by atoms with van der Waals surface area (Å²) in [5.74, 6) is 1.04. The van der Waals surface area contributed by atoms with E-state index in [1.165, 1.54) is 0 Å². The van der Waals surface area contributed by atoms with E-state index in [4.69, 9.17) is 10.5 Å². The number of hydrogen-bond acceptors (Lipinski definition) is 6. The molecule has 4 rings (SSSR count). The first-order valence-corrected chi connectivity index (χ1v) is 9.03. The van der Waals surface area contributed by atoms with Gasteiger partial charge in [-0.1, -0.05) is 0 Å². The molecule has 2 amide bonds. The number of nitrogens with two attached hydrogens (primary N) is 1. The highest BCUT2D eigenvalue weighted by Crippen LogP contribution is 2.30. The van der Waals surface area contributed by atoms with E-state index < -0.39 is 0 Å². The second kappa shape index (κ2) is 6.95. The number of benzene rings is 1. The van der Waals surface area contributed by atoms with E-state index in [0.717, 1.165) is 42.9 Å². The lowest BCUT2D eigenvalue weighted by Crippen LogP contribution is -2.44. The molecule has 0 bridgehead atoms. The lowest BCUT2D eigenvalue weighted by molar-refractivity contribution is -0.123. The minimum atomic E-state index is -0.283. The molecule has 26 heavy (non-hydrogen) atoms. The van der Waals surface area contributed by atoms with E-state index in [1.54, 1.807) is 0 Å². The van der Waals surface area contributed by atoms with Gasteiger partial charge < -0.3 is 15.4 Å². The lowest BCUT2D eigenvalue weighted by atomic mass is 10.1. The van der Waals surface area contributed by atoms with Crippen molar-refractivity contribution in [2.24, 2.45) is 10.7 Å². The molecule has 8 nitrogen and oxygen atoms in total. The summed E-state index contributed by atoms with van der Waals surface area (Å²) in [6.45, 7) is 3.24. The molecule has 2 saturated heterocycles. The van der Waals surface area contributed by atoms with Crippen LogP contribution >= 0.6 is 0 Å². The van der Waals surface area contributed by atoms with Crippen LogP contribution in [0.15, 0.2) is 23.2 Å². The fourth-order valence-electron chi connectivity index (χ4n) is 3.77. The van der Waals surface area contributed by atoms with Gasteiger partial charge in [0.25, 0.3) is 0 Å². The number of ether oxygens (including phenoxy) is 1. The highest BCUT2D eigenvalue weighted by molar-refractivity contribution is 6.05. The van der Waals surface area contributed by atoms with Crippen molar-refractivity contribution >= 4 is 23.5 Å². The zero-order valence-corrected chi connectivity index (χ0v) is 14.6. The van der Waals surface area contributed by atoms with Crippen LogP contribution in [-0.4, -0.2) is 59.9 Å². The molecular weight excluding hydrogens is 334 g/mol. The van der Waals surface area contributed by atoms with Crippen molar-refractivity contribution in [1.29, 1.82) is 0 Å². The van der Waals surface area contributed by atoms with Gasteiger partial charge in [0.05, 0.1) is 18.3 Å². The van der Waals surface area contributed by atoms with Crippen molar-refractivity contribution in [2.45, 2.75) is 31.8 Å². The summed E-state index contributed by atoms with van der Waals surface area (Å²) in [5, 5.41) is 2.75. The fourth-order valence-corrected chi connectivity index (χ4v) is 3.77. The summed E-state index contributed by atoms with van der Waals surface area (Å²) in [5.41, 5.74) is 7.43. The summed E-state index contributed by atoms with van der Waals surface area (Å²) >= 11 is 0. The first-order chi connectivity index (χ1) is 12.6. The molecule has 0 aliphatic carbocycles. The third-order valence-corrected chi connectivity index (χ3v) is 5.09. The Hall–Kier alpha value is -2.61. The average Bonchev–Trinajstić information content (AvgIpc) is 3.24. The van der Waals surface area contributed by atoms with Crippen molar-refractivity contribution in [1.82, 2.24) is 15.1 Å². The molecule has 8 heteroatoms. The Balaban J connectivity index is 1.37. The van der Waals surface area contributed by atoms with Crippen LogP contribution in [0.5, 0.6) is 5.75 Å². The average molecular weight is 357 g/mol. The molecule has 1 aromatic rings. The van der Waals surface area contributed by atoms with Crippen LogP contribution in [0.2, 0.25) is 0 Å². The standard InChI is InChI=1S/C18H23N5O3/c19-17(25)15(22-6-1-2-7-22)5-8-26-13-3-4-14-12(9-13)10-23-11-16(24)21-18(23)20-14/h3-4,9,15H,1-2,5-8,10-11H2,(H2,19,25)(H,20,21,24). The molecule has 0 saturated carbocycles. The number of guanidine groups is 1. The number of aliphatic imine (C=N–C) groups is 1. The number of carbonyl (C=O) groups excluding carboxylic acids is 2. The number of fused-ring (bicyclic) bond motifs is 2. The van der Waals surface area contributed by atoms with Gasteiger partial charge in [-0.2, -0.15) is 0 Å². The lowest BCUT2D eigenvalue weighted by Gasteiger charge is -2.25. The first-order valence-electron chi connectivity index (χ1n) is 9.03. The smallest absolute Gasteiger partial charge is 0.246 e. The van der Waals surface area contributed by atoms with Crippen LogP contribution in [0.1, 0.15) is 24.8 Å². The van der Waals surface area contributed by atoms with Gasteiger partial charge in [0.15, 0.2) is 0 Å². The van der Waals surface area contributed by atoms with E-state index in [2.05, 4.69) is 15.2 Å². The van der Waals surface area contributed by atoms with Crippen LogP contribution in [0.3, 0.4) is 0 Å². The third kappa shape index (κ3) is 3.37. The molecule has 138 valence electrons. The Labute approximate surface area is 152 Å². The Morgan fingerprint density at radius 2 is 2.12 bits per heavy atom. The maximum absolute atomic E-state index is 11.7. The molecule has 3 heterocycles. The minimum Gasteiger partial charge on any atom is -0.494 e. The molecule has 3 aliphatic heterocycles. The summed E-state index contributed by atoms with van der Waals surface area (Å²) in [7, 11) is 0. The van der Waals surface area contributed by atoms with Crippen molar-refractivity contribution in [3.63, 3.8) is 0 Å². The first kappa shape index (κ1) is 16.8. The summed E-state index contributed by atoms with van der Waals surface area (Å²) in [6.07, 6.45) is 2.82. The predicted octanol–water partition coefficient (Wildman–Crippen LogP) is 0.338. The molecule has 1 atom stereocenters. The van der Waals surface area contributed by atoms with Gasteiger partial charge in [-0.3, -0.25) is 19.8 Å². The summed E-state index contributed by atoms with van der Waals surface area (Å²) in [6, 6.07) is 5.45. The van der Waals surface area contributed by atoms with Gasteiger partial charge in [0.1, 0.15) is 12.3 Å². The normalized spacial score (nSPS) is 20.2. The molecule has 0 aromatic heterocycles. The van der Waals surface area contributed by atoms with E-state index >= 15 is 0 Å². The highest BCUT2D eigenvalue weighted by Gasteiger charge is 2.29. The fraction of sp³-hybridized carbons (Fsp3) is 0.500. The number of rotatable bonds is 6. The van der Waals surface area contributed by atoms with Gasteiger partial charge in [0.2, 0.25) is 17.8 Å². The Morgan fingerprint density at radius 3 is 2.88 bits per heavy atom. The second-order valence-electron chi connectivity index (χ2n) is 6.93. The van der Waals surface area contributed by atoms with Crippen LogP contribution < -0.4 is 15.8 Å². The number of nitrogens with one attached hydrogen (secondary N) is 1. The summed E-state index contributed by atoms with van der Waals surface area (Å²) in [4.78, 5) is 31.7. The molecule has 2 fully saturated rings. The Morgan fingerprint density at radius 1 is 1.31 bits per heavy atom.